The van der Waals surface area contributed by atoms with Crippen LogP contribution in [-0.4, -0.2) is 45.3 Å². The Bertz CT molecular complexity index is 420. The van der Waals surface area contributed by atoms with Crippen LogP contribution < -0.4 is 0 Å². The third kappa shape index (κ3) is 5.94. The maximum Gasteiger partial charge on any atom is 0.410 e. The molecule has 0 spiro atoms. The highest BCUT2D eigenvalue weighted by Crippen LogP contribution is 2.10. The summed E-state index contributed by atoms with van der Waals surface area (Å²) in [5, 5.41) is 8.83. The van der Waals surface area contributed by atoms with Gasteiger partial charge in [-0.05, 0) is 32.9 Å². The molecule has 0 aliphatic rings. The van der Waals surface area contributed by atoms with Gasteiger partial charge in [-0.2, -0.15) is 0 Å². The Hall–Kier alpha value is -1.98. The predicted molar refractivity (Wildman–Crippen MR) is 69.9 cm³/mol. The average molecular weight is 268 g/mol. The molecule has 6 nitrogen and oxygen atoms in total. The van der Waals surface area contributed by atoms with Crippen LogP contribution in [0.5, 0.6) is 0 Å². The molecule has 1 N–H and O–H groups in total. The molecule has 0 radical (unpaired) electrons. The van der Waals surface area contributed by atoms with Crippen molar-refractivity contribution in [1.29, 1.82) is 0 Å². The van der Waals surface area contributed by atoms with E-state index >= 15 is 0 Å². The van der Waals surface area contributed by atoms with Crippen molar-refractivity contribution in [2.45, 2.75) is 32.9 Å². The Kier molecular flexibility index (Phi) is 4.97. The molecule has 0 saturated heterocycles. The second-order valence-corrected chi connectivity index (χ2v) is 5.22. The first-order valence-electron chi connectivity index (χ1n) is 6.08. The van der Waals surface area contributed by atoms with Gasteiger partial charge in [0.1, 0.15) is 12.1 Å². The van der Waals surface area contributed by atoms with Gasteiger partial charge in [0.15, 0.2) is 0 Å². The van der Waals surface area contributed by atoms with Crippen LogP contribution in [0.1, 0.15) is 20.8 Å². The molecular formula is C13H20N2O4. The minimum absolute atomic E-state index is 0.288. The van der Waals surface area contributed by atoms with E-state index in [1.807, 2.05) is 29.1 Å². The molecular weight excluding hydrogens is 248 g/mol. The molecule has 0 atom stereocenters. The van der Waals surface area contributed by atoms with Crippen molar-refractivity contribution < 1.29 is 19.4 Å². The van der Waals surface area contributed by atoms with E-state index in [0.29, 0.717) is 6.54 Å². The highest BCUT2D eigenvalue weighted by atomic mass is 16.6. The van der Waals surface area contributed by atoms with E-state index < -0.39 is 17.7 Å². The number of carboxylic acids is 1. The van der Waals surface area contributed by atoms with Crippen LogP contribution in [0, 0.1) is 0 Å². The smallest absolute Gasteiger partial charge is 0.410 e. The molecule has 0 saturated carbocycles. The summed E-state index contributed by atoms with van der Waals surface area (Å²) in [6, 6.07) is 3.74. The predicted octanol–water partition coefficient (Wildman–Crippen LogP) is 1.81. The lowest BCUT2D eigenvalue weighted by Crippen LogP contribution is -2.41. The van der Waals surface area contributed by atoms with Gasteiger partial charge in [-0.25, -0.2) is 4.79 Å². The Morgan fingerprint density at radius 2 is 1.84 bits per heavy atom. The number of rotatable bonds is 5. The van der Waals surface area contributed by atoms with Gasteiger partial charge < -0.3 is 14.4 Å². The molecule has 6 heteroatoms. The van der Waals surface area contributed by atoms with E-state index in [4.69, 9.17) is 9.84 Å². The molecule has 0 fully saturated rings. The molecule has 1 aromatic rings. The number of aliphatic carboxylic acids is 1. The number of hydrogen-bond donors (Lipinski definition) is 1. The quantitative estimate of drug-likeness (QED) is 0.884. The Morgan fingerprint density at radius 1 is 1.26 bits per heavy atom. The molecule has 1 rings (SSSR count). The summed E-state index contributed by atoms with van der Waals surface area (Å²) in [5.74, 6) is -1.06. The normalized spacial score (nSPS) is 11.1. The maximum absolute atomic E-state index is 11.9. The van der Waals surface area contributed by atoms with E-state index in [-0.39, 0.29) is 13.1 Å². The van der Waals surface area contributed by atoms with Crippen LogP contribution in [-0.2, 0) is 16.1 Å². The fourth-order valence-corrected chi connectivity index (χ4v) is 1.48. The fraction of sp³-hybridized carbons (Fsp3) is 0.538. The molecule has 1 aromatic heterocycles. The topological polar surface area (TPSA) is 71.8 Å². The van der Waals surface area contributed by atoms with Crippen LogP contribution in [0.3, 0.4) is 0 Å². The summed E-state index contributed by atoms with van der Waals surface area (Å²) in [5.41, 5.74) is -0.638. The molecule has 1 heterocycles. The van der Waals surface area contributed by atoms with Gasteiger partial charge in [0, 0.05) is 25.5 Å². The molecule has 0 unspecified atom stereocenters. The zero-order valence-electron chi connectivity index (χ0n) is 11.5. The minimum atomic E-state index is -1.06. The van der Waals surface area contributed by atoms with Gasteiger partial charge in [0.25, 0.3) is 0 Å². The lowest BCUT2D eigenvalue weighted by Gasteiger charge is -2.26. The van der Waals surface area contributed by atoms with Crippen molar-refractivity contribution in [1.82, 2.24) is 9.47 Å². The van der Waals surface area contributed by atoms with Gasteiger partial charge in [0.2, 0.25) is 0 Å². The highest BCUT2D eigenvalue weighted by Gasteiger charge is 2.23. The summed E-state index contributed by atoms with van der Waals surface area (Å²) in [7, 11) is 0. The zero-order chi connectivity index (χ0) is 14.5. The fourth-order valence-electron chi connectivity index (χ4n) is 1.48. The number of nitrogens with zero attached hydrogens (tertiary/aromatic N) is 2. The van der Waals surface area contributed by atoms with Crippen LogP contribution in [0.2, 0.25) is 0 Å². The number of amides is 1. The first-order valence-corrected chi connectivity index (χ1v) is 6.08. The Morgan fingerprint density at radius 3 is 2.32 bits per heavy atom. The number of carbonyl (C=O) groups excluding carboxylic acids is 1. The third-order valence-electron chi connectivity index (χ3n) is 2.27. The van der Waals surface area contributed by atoms with E-state index in [1.165, 1.54) is 4.90 Å². The van der Waals surface area contributed by atoms with Crippen LogP contribution in [0.15, 0.2) is 24.5 Å². The van der Waals surface area contributed by atoms with E-state index in [0.717, 1.165) is 0 Å². The van der Waals surface area contributed by atoms with E-state index in [1.54, 1.807) is 20.8 Å². The second kappa shape index (κ2) is 6.26. The number of ether oxygens (including phenoxy) is 1. The average Bonchev–Trinajstić information content (AvgIpc) is 2.73. The Labute approximate surface area is 112 Å². The van der Waals surface area contributed by atoms with Crippen molar-refractivity contribution >= 4 is 12.1 Å². The van der Waals surface area contributed by atoms with Crippen LogP contribution in [0.25, 0.3) is 0 Å². The summed E-state index contributed by atoms with van der Waals surface area (Å²) >= 11 is 0. The lowest BCUT2D eigenvalue weighted by molar-refractivity contribution is -0.138. The minimum Gasteiger partial charge on any atom is -0.480 e. The summed E-state index contributed by atoms with van der Waals surface area (Å²) in [6.45, 7) is 5.69. The van der Waals surface area contributed by atoms with Gasteiger partial charge in [-0.15, -0.1) is 0 Å². The molecule has 0 aliphatic heterocycles. The molecule has 106 valence electrons. The van der Waals surface area contributed by atoms with Crippen molar-refractivity contribution in [3.8, 4) is 0 Å². The highest BCUT2D eigenvalue weighted by molar-refractivity contribution is 5.76. The number of aromatic nitrogens is 1. The van der Waals surface area contributed by atoms with Crippen molar-refractivity contribution in [2.24, 2.45) is 0 Å². The zero-order valence-corrected chi connectivity index (χ0v) is 11.5. The largest absolute Gasteiger partial charge is 0.480 e. The first-order chi connectivity index (χ1) is 8.78. The lowest BCUT2D eigenvalue weighted by atomic mass is 10.2. The van der Waals surface area contributed by atoms with E-state index in [9.17, 15) is 9.59 Å². The summed E-state index contributed by atoms with van der Waals surface area (Å²) in [4.78, 5) is 23.9. The molecule has 1 amide bonds. The summed E-state index contributed by atoms with van der Waals surface area (Å²) in [6.07, 6.45) is 3.10. The number of carboxylic acid groups (broad SMARTS) is 1. The Balaban J connectivity index is 2.60. The standard InChI is InChI=1S/C13H20N2O4/c1-13(2,3)19-12(18)15(10-11(16)17)9-8-14-6-4-5-7-14/h4-7H,8-10H2,1-3H3,(H,16,17). The first kappa shape index (κ1) is 15.1. The second-order valence-electron chi connectivity index (χ2n) is 5.22. The van der Waals surface area contributed by atoms with Gasteiger partial charge in [-0.1, -0.05) is 0 Å². The summed E-state index contributed by atoms with van der Waals surface area (Å²) < 4.78 is 7.06. The molecule has 19 heavy (non-hydrogen) atoms. The van der Waals surface area contributed by atoms with Crippen LogP contribution in [0.4, 0.5) is 4.79 Å². The molecule has 0 bridgehead atoms. The van der Waals surface area contributed by atoms with Gasteiger partial charge in [-0.3, -0.25) is 9.69 Å². The van der Waals surface area contributed by atoms with Gasteiger partial charge >= 0.3 is 12.1 Å². The van der Waals surface area contributed by atoms with Crippen molar-refractivity contribution in [3.05, 3.63) is 24.5 Å². The maximum atomic E-state index is 11.9. The molecule has 0 aliphatic carbocycles. The third-order valence-corrected chi connectivity index (χ3v) is 2.27. The molecule has 0 aromatic carbocycles. The van der Waals surface area contributed by atoms with Crippen molar-refractivity contribution in [3.63, 3.8) is 0 Å². The number of carbonyl (C=O) groups is 2. The monoisotopic (exact) mass is 268 g/mol. The SMILES string of the molecule is CC(C)(C)OC(=O)N(CCn1cccc1)CC(=O)O. The van der Waals surface area contributed by atoms with Gasteiger partial charge in [0.05, 0.1) is 0 Å². The van der Waals surface area contributed by atoms with E-state index in [2.05, 4.69) is 0 Å². The number of hydrogen-bond acceptors (Lipinski definition) is 3. The van der Waals surface area contributed by atoms with Crippen molar-refractivity contribution in [2.75, 3.05) is 13.1 Å². The van der Waals surface area contributed by atoms with Crippen LogP contribution >= 0.6 is 0 Å².